The average molecular weight is 365 g/mol. The third kappa shape index (κ3) is 4.33. The highest BCUT2D eigenvalue weighted by Gasteiger charge is 2.30. The Morgan fingerprint density at radius 2 is 1.68 bits per heavy atom. The van der Waals surface area contributed by atoms with Crippen LogP contribution in [-0.2, 0) is 14.8 Å². The van der Waals surface area contributed by atoms with Crippen molar-refractivity contribution in [1.29, 1.82) is 0 Å². The van der Waals surface area contributed by atoms with E-state index in [0.717, 1.165) is 18.8 Å². The molecule has 138 valence electrons. The van der Waals surface area contributed by atoms with E-state index in [1.54, 1.807) is 6.92 Å². The van der Waals surface area contributed by atoms with Crippen molar-refractivity contribution in [2.45, 2.75) is 32.6 Å². The van der Waals surface area contributed by atoms with Crippen LogP contribution >= 0.6 is 0 Å². The topological polar surface area (TPSA) is 69.7 Å². The molecule has 1 amide bonds. The van der Waals surface area contributed by atoms with E-state index in [1.165, 1.54) is 22.8 Å². The molecule has 0 aromatic heterocycles. The molecule has 0 atom stereocenters. The fourth-order valence-corrected chi connectivity index (χ4v) is 4.69. The summed E-state index contributed by atoms with van der Waals surface area (Å²) < 4.78 is 25.3. The zero-order chi connectivity index (χ0) is 17.9. The predicted octanol–water partition coefficient (Wildman–Crippen LogP) is 2.29. The summed E-state index contributed by atoms with van der Waals surface area (Å²) in [6.45, 7) is 4.72. The van der Waals surface area contributed by atoms with Crippen LogP contribution in [0.5, 0.6) is 0 Å². The van der Waals surface area contributed by atoms with Crippen LogP contribution in [0.3, 0.4) is 0 Å². The lowest BCUT2D eigenvalue weighted by Gasteiger charge is -2.30. The van der Waals surface area contributed by atoms with E-state index in [0.29, 0.717) is 25.9 Å². The Balaban J connectivity index is 1.52. The van der Waals surface area contributed by atoms with Crippen molar-refractivity contribution in [3.05, 3.63) is 24.3 Å². The molecule has 2 aliphatic heterocycles. The lowest BCUT2D eigenvalue weighted by atomic mass is 9.97. The predicted molar refractivity (Wildman–Crippen MR) is 100 cm³/mol. The molecule has 0 radical (unpaired) electrons. The number of piperidine rings is 1. The third-order valence-corrected chi connectivity index (χ3v) is 7.07. The fourth-order valence-electron chi connectivity index (χ4n) is 3.55. The summed E-state index contributed by atoms with van der Waals surface area (Å²) in [6.07, 6.45) is 3.64. The number of hydrogen-bond acceptors (Lipinski definition) is 4. The van der Waals surface area contributed by atoms with Crippen molar-refractivity contribution in [3.8, 4) is 0 Å². The van der Waals surface area contributed by atoms with Crippen LogP contribution in [0.4, 0.5) is 11.4 Å². The van der Waals surface area contributed by atoms with Gasteiger partial charge in [0.15, 0.2) is 0 Å². The number of nitrogens with zero attached hydrogens (tertiary/aromatic N) is 2. The van der Waals surface area contributed by atoms with Crippen LogP contribution in [0.15, 0.2) is 24.3 Å². The molecule has 25 heavy (non-hydrogen) atoms. The van der Waals surface area contributed by atoms with Crippen molar-refractivity contribution in [1.82, 2.24) is 4.31 Å². The molecule has 0 spiro atoms. The summed E-state index contributed by atoms with van der Waals surface area (Å²) in [4.78, 5) is 14.8. The molecule has 2 fully saturated rings. The van der Waals surface area contributed by atoms with Crippen LogP contribution < -0.4 is 10.2 Å². The zero-order valence-electron chi connectivity index (χ0n) is 14.8. The quantitative estimate of drug-likeness (QED) is 0.869. The van der Waals surface area contributed by atoms with Crippen LogP contribution in [-0.4, -0.2) is 50.6 Å². The standard InChI is InChI=1S/C18H27N3O3S/c1-2-25(23,24)21-13-9-15(10-14-21)18(22)19-16-5-7-17(8-6-16)20-11-3-4-12-20/h5-8,15H,2-4,9-14H2,1H3,(H,19,22). The molecule has 1 N–H and O–H groups in total. The zero-order valence-corrected chi connectivity index (χ0v) is 15.6. The number of carbonyl (C=O) groups excluding carboxylic acids is 1. The lowest BCUT2D eigenvalue weighted by molar-refractivity contribution is -0.120. The van der Waals surface area contributed by atoms with E-state index in [-0.39, 0.29) is 17.6 Å². The Bertz CT molecular complexity index is 689. The number of nitrogens with one attached hydrogen (secondary N) is 1. The summed E-state index contributed by atoms with van der Waals surface area (Å²) in [5, 5.41) is 2.97. The SMILES string of the molecule is CCS(=O)(=O)N1CCC(C(=O)Nc2ccc(N3CCCC3)cc2)CC1. The summed E-state index contributed by atoms with van der Waals surface area (Å²) in [5.41, 5.74) is 2.00. The summed E-state index contributed by atoms with van der Waals surface area (Å²) in [7, 11) is -3.15. The highest BCUT2D eigenvalue weighted by molar-refractivity contribution is 7.89. The maximum absolute atomic E-state index is 12.4. The van der Waals surface area contributed by atoms with Gasteiger partial charge < -0.3 is 10.2 Å². The van der Waals surface area contributed by atoms with Gasteiger partial charge in [-0.25, -0.2) is 12.7 Å². The number of sulfonamides is 1. The summed E-state index contributed by atoms with van der Waals surface area (Å²) in [6, 6.07) is 8.00. The monoisotopic (exact) mass is 365 g/mol. The van der Waals surface area contributed by atoms with Crippen LogP contribution in [0.2, 0.25) is 0 Å². The first kappa shape index (κ1) is 18.2. The van der Waals surface area contributed by atoms with Gasteiger partial charge in [-0.15, -0.1) is 0 Å². The van der Waals surface area contributed by atoms with E-state index in [2.05, 4.69) is 22.3 Å². The highest BCUT2D eigenvalue weighted by Crippen LogP contribution is 2.24. The minimum absolute atomic E-state index is 0.0116. The first-order valence-electron chi connectivity index (χ1n) is 9.13. The van der Waals surface area contributed by atoms with Gasteiger partial charge in [0.05, 0.1) is 5.75 Å². The van der Waals surface area contributed by atoms with Gasteiger partial charge in [-0.1, -0.05) is 0 Å². The van der Waals surface area contributed by atoms with E-state index < -0.39 is 10.0 Å². The molecule has 2 saturated heterocycles. The molecule has 1 aromatic carbocycles. The third-order valence-electron chi connectivity index (χ3n) is 5.19. The second-order valence-corrected chi connectivity index (χ2v) is 9.06. The second-order valence-electron chi connectivity index (χ2n) is 6.80. The Kier molecular flexibility index (Phi) is 5.64. The molecule has 7 heteroatoms. The normalized spacial score (nSPS) is 20.0. The summed E-state index contributed by atoms with van der Waals surface area (Å²) >= 11 is 0. The lowest BCUT2D eigenvalue weighted by Crippen LogP contribution is -2.42. The number of hydrogen-bond donors (Lipinski definition) is 1. The van der Waals surface area contributed by atoms with Gasteiger partial charge in [-0.3, -0.25) is 4.79 Å². The molecule has 2 heterocycles. The van der Waals surface area contributed by atoms with Crippen LogP contribution in [0, 0.1) is 5.92 Å². The van der Waals surface area contributed by atoms with E-state index >= 15 is 0 Å². The van der Waals surface area contributed by atoms with E-state index in [4.69, 9.17) is 0 Å². The Morgan fingerprint density at radius 1 is 1.08 bits per heavy atom. The minimum Gasteiger partial charge on any atom is -0.372 e. The Morgan fingerprint density at radius 3 is 2.24 bits per heavy atom. The molecule has 0 saturated carbocycles. The van der Waals surface area contributed by atoms with Gasteiger partial charge in [0.25, 0.3) is 0 Å². The number of rotatable bonds is 5. The van der Waals surface area contributed by atoms with Crippen LogP contribution in [0.25, 0.3) is 0 Å². The van der Waals surface area contributed by atoms with Crippen molar-refractivity contribution in [3.63, 3.8) is 0 Å². The van der Waals surface area contributed by atoms with Gasteiger partial charge in [-0.2, -0.15) is 0 Å². The number of amides is 1. The fraction of sp³-hybridized carbons (Fsp3) is 0.611. The van der Waals surface area contributed by atoms with Gasteiger partial charge in [0.1, 0.15) is 0 Å². The second kappa shape index (κ2) is 7.74. The first-order chi connectivity index (χ1) is 12.0. The van der Waals surface area contributed by atoms with Crippen molar-refractivity contribution < 1.29 is 13.2 Å². The van der Waals surface area contributed by atoms with Crippen molar-refractivity contribution >= 4 is 27.3 Å². The van der Waals surface area contributed by atoms with Crippen molar-refractivity contribution in [2.24, 2.45) is 5.92 Å². The maximum Gasteiger partial charge on any atom is 0.227 e. The smallest absolute Gasteiger partial charge is 0.227 e. The van der Waals surface area contributed by atoms with Gasteiger partial charge in [0, 0.05) is 43.5 Å². The number of benzene rings is 1. The Hall–Kier alpha value is -1.60. The molecule has 0 aliphatic carbocycles. The molecule has 0 unspecified atom stereocenters. The van der Waals surface area contributed by atoms with Gasteiger partial charge >= 0.3 is 0 Å². The van der Waals surface area contributed by atoms with Gasteiger partial charge in [0.2, 0.25) is 15.9 Å². The molecule has 0 bridgehead atoms. The van der Waals surface area contributed by atoms with E-state index in [1.807, 2.05) is 12.1 Å². The average Bonchev–Trinajstić information content (AvgIpc) is 3.17. The largest absolute Gasteiger partial charge is 0.372 e. The number of carbonyl (C=O) groups is 1. The first-order valence-corrected chi connectivity index (χ1v) is 10.7. The Labute approximate surface area is 150 Å². The molecular weight excluding hydrogens is 338 g/mol. The highest BCUT2D eigenvalue weighted by atomic mass is 32.2. The molecule has 1 aromatic rings. The van der Waals surface area contributed by atoms with Crippen molar-refractivity contribution in [2.75, 3.05) is 42.1 Å². The van der Waals surface area contributed by atoms with E-state index in [9.17, 15) is 13.2 Å². The van der Waals surface area contributed by atoms with Crippen LogP contribution in [0.1, 0.15) is 32.6 Å². The minimum atomic E-state index is -3.15. The molecule has 6 nitrogen and oxygen atoms in total. The number of anilines is 2. The summed E-state index contributed by atoms with van der Waals surface area (Å²) in [5.74, 6) is -0.0169. The molecule has 3 rings (SSSR count). The van der Waals surface area contributed by atoms with Gasteiger partial charge in [-0.05, 0) is 56.9 Å². The molecule has 2 aliphatic rings. The molecular formula is C18H27N3O3S. The maximum atomic E-state index is 12.4.